The van der Waals surface area contributed by atoms with E-state index in [1.165, 1.54) is 3.97 Å². The Labute approximate surface area is 163 Å². The van der Waals surface area contributed by atoms with Gasteiger partial charge in [0.15, 0.2) is 0 Å². The third kappa shape index (κ3) is 3.11. The van der Waals surface area contributed by atoms with Gasteiger partial charge in [-0.25, -0.2) is 17.2 Å². The molecule has 2 aromatic carbocycles. The fraction of sp³-hybridized carbons (Fsp3) is 0.238. The van der Waals surface area contributed by atoms with Crippen LogP contribution in [0.4, 0.5) is 0 Å². The molecule has 2 heterocycles. The van der Waals surface area contributed by atoms with E-state index in [1.54, 1.807) is 49.4 Å². The van der Waals surface area contributed by atoms with Crippen LogP contribution in [-0.4, -0.2) is 36.7 Å². The third-order valence-electron chi connectivity index (χ3n) is 4.77. The molecule has 28 heavy (non-hydrogen) atoms. The number of ether oxygens (including phenoxy) is 1. The van der Waals surface area contributed by atoms with E-state index in [9.17, 15) is 13.2 Å². The van der Waals surface area contributed by atoms with Gasteiger partial charge in [-0.1, -0.05) is 36.4 Å². The van der Waals surface area contributed by atoms with Crippen molar-refractivity contribution in [3.63, 3.8) is 0 Å². The Kier molecular flexibility index (Phi) is 4.77. The predicted octanol–water partition coefficient (Wildman–Crippen LogP) is 3.39. The van der Waals surface area contributed by atoms with Gasteiger partial charge in [0.2, 0.25) is 0 Å². The molecule has 144 valence electrons. The van der Waals surface area contributed by atoms with Gasteiger partial charge in [0.1, 0.15) is 6.04 Å². The average Bonchev–Trinajstić information content (AvgIpc) is 3.34. The van der Waals surface area contributed by atoms with Crippen molar-refractivity contribution >= 4 is 32.6 Å². The summed E-state index contributed by atoms with van der Waals surface area (Å²) >= 11 is 0. The van der Waals surface area contributed by atoms with Crippen molar-refractivity contribution in [1.29, 1.82) is 0 Å². The van der Waals surface area contributed by atoms with E-state index >= 15 is 0 Å². The second-order valence-electron chi connectivity index (χ2n) is 6.55. The molecule has 0 fully saturated rings. The second-order valence-corrected chi connectivity index (χ2v) is 8.34. The van der Waals surface area contributed by atoms with Crippen molar-refractivity contribution < 1.29 is 17.9 Å². The summed E-state index contributed by atoms with van der Waals surface area (Å²) in [5.74, 6) is -0.369. The lowest BCUT2D eigenvalue weighted by atomic mass is 10.1. The number of hydrogen-bond donors (Lipinski definition) is 0. The van der Waals surface area contributed by atoms with Crippen LogP contribution < -0.4 is 0 Å². The van der Waals surface area contributed by atoms with Crippen LogP contribution in [-0.2, 0) is 19.6 Å². The van der Waals surface area contributed by atoms with Gasteiger partial charge >= 0.3 is 5.97 Å². The van der Waals surface area contributed by atoms with Gasteiger partial charge in [0.25, 0.3) is 10.0 Å². The van der Waals surface area contributed by atoms with Gasteiger partial charge in [-0.05, 0) is 44.0 Å². The van der Waals surface area contributed by atoms with Gasteiger partial charge in [0, 0.05) is 5.39 Å². The van der Waals surface area contributed by atoms with Crippen LogP contribution in [0.2, 0.25) is 0 Å². The maximum absolute atomic E-state index is 13.4. The standard InChI is InChI=1S/C21H20N2O4S/c1-2-27-21(24)18-13-12-17(22-18)20-14-15-8-6-7-11-19(15)23(20)28(25,26)16-9-4-3-5-10-16/h3-11,14,18H,2,12-13H2,1H3/t18-/m0/s1. The normalized spacial score (nSPS) is 16.9. The van der Waals surface area contributed by atoms with E-state index < -0.39 is 16.1 Å². The van der Waals surface area contributed by atoms with Gasteiger partial charge in [-0.2, -0.15) is 0 Å². The lowest BCUT2D eigenvalue weighted by molar-refractivity contribution is -0.144. The number of fused-ring (bicyclic) bond motifs is 1. The number of para-hydroxylation sites is 1. The molecule has 4 rings (SSSR count). The van der Waals surface area contributed by atoms with Gasteiger partial charge in [0.05, 0.1) is 28.4 Å². The Morgan fingerprint density at radius 2 is 1.86 bits per heavy atom. The fourth-order valence-electron chi connectivity index (χ4n) is 3.48. The topological polar surface area (TPSA) is 77.7 Å². The number of carbonyl (C=O) groups is 1. The zero-order chi connectivity index (χ0) is 19.7. The number of rotatable bonds is 5. The first-order chi connectivity index (χ1) is 13.5. The minimum atomic E-state index is -3.82. The third-order valence-corrected chi connectivity index (χ3v) is 6.51. The molecule has 0 amide bonds. The number of carbonyl (C=O) groups excluding carboxylic acids is 1. The van der Waals surface area contributed by atoms with Crippen LogP contribution in [0, 0.1) is 0 Å². The molecule has 7 heteroatoms. The van der Waals surface area contributed by atoms with Crippen LogP contribution in [0.25, 0.3) is 10.9 Å². The first-order valence-electron chi connectivity index (χ1n) is 9.17. The summed E-state index contributed by atoms with van der Waals surface area (Å²) in [6, 6.07) is 16.9. The number of aliphatic imine (C=N–C) groups is 1. The molecule has 3 aromatic rings. The Morgan fingerprint density at radius 3 is 2.61 bits per heavy atom. The minimum absolute atomic E-state index is 0.207. The largest absolute Gasteiger partial charge is 0.464 e. The summed E-state index contributed by atoms with van der Waals surface area (Å²) < 4.78 is 33.2. The predicted molar refractivity (Wildman–Crippen MR) is 107 cm³/mol. The van der Waals surface area contributed by atoms with Crippen LogP contribution in [0.1, 0.15) is 25.5 Å². The molecule has 1 aliphatic heterocycles. The fourth-order valence-corrected chi connectivity index (χ4v) is 5.04. The molecule has 6 nitrogen and oxygen atoms in total. The van der Waals surface area contributed by atoms with Crippen molar-refractivity contribution in [1.82, 2.24) is 3.97 Å². The molecule has 0 saturated heterocycles. The maximum atomic E-state index is 13.4. The van der Waals surface area contributed by atoms with Crippen LogP contribution >= 0.6 is 0 Å². The number of benzene rings is 2. The molecule has 1 atom stereocenters. The number of esters is 1. The smallest absolute Gasteiger partial charge is 0.330 e. The summed E-state index contributed by atoms with van der Waals surface area (Å²) in [4.78, 5) is 16.7. The number of hydrogen-bond acceptors (Lipinski definition) is 5. The van der Waals surface area contributed by atoms with Gasteiger partial charge < -0.3 is 4.74 Å². The summed E-state index contributed by atoms with van der Waals surface area (Å²) in [5.41, 5.74) is 1.69. The Hall–Kier alpha value is -2.93. The van der Waals surface area contributed by atoms with Crippen LogP contribution in [0.3, 0.4) is 0 Å². The average molecular weight is 396 g/mol. The van der Waals surface area contributed by atoms with E-state index in [-0.39, 0.29) is 10.9 Å². The molecular formula is C21H20N2O4S. The lowest BCUT2D eigenvalue weighted by Crippen LogP contribution is -2.19. The summed E-state index contributed by atoms with van der Waals surface area (Å²) in [7, 11) is -3.82. The van der Waals surface area contributed by atoms with Crippen LogP contribution in [0.5, 0.6) is 0 Å². The zero-order valence-electron chi connectivity index (χ0n) is 15.4. The molecule has 0 aliphatic carbocycles. The highest BCUT2D eigenvalue weighted by Crippen LogP contribution is 2.29. The summed E-state index contributed by atoms with van der Waals surface area (Å²) in [6.07, 6.45) is 1.03. The molecule has 1 aliphatic rings. The molecule has 1 aromatic heterocycles. The zero-order valence-corrected chi connectivity index (χ0v) is 16.2. The van der Waals surface area contributed by atoms with Crippen molar-refractivity contribution in [2.45, 2.75) is 30.7 Å². The van der Waals surface area contributed by atoms with E-state index in [0.717, 1.165) is 5.39 Å². The minimum Gasteiger partial charge on any atom is -0.464 e. The molecular weight excluding hydrogens is 376 g/mol. The van der Waals surface area contributed by atoms with Crippen molar-refractivity contribution in [2.75, 3.05) is 6.61 Å². The highest BCUT2D eigenvalue weighted by atomic mass is 32.2. The maximum Gasteiger partial charge on any atom is 0.330 e. The first kappa shape index (κ1) is 18.4. The molecule has 0 N–H and O–H groups in total. The van der Waals surface area contributed by atoms with Crippen molar-refractivity contribution in [2.24, 2.45) is 4.99 Å². The lowest BCUT2D eigenvalue weighted by Gasteiger charge is -2.12. The summed E-state index contributed by atoms with van der Waals surface area (Å²) in [6.45, 7) is 2.05. The van der Waals surface area contributed by atoms with Crippen molar-refractivity contribution in [3.8, 4) is 0 Å². The van der Waals surface area contributed by atoms with Gasteiger partial charge in [-0.3, -0.25) is 4.99 Å². The highest BCUT2D eigenvalue weighted by Gasteiger charge is 2.31. The first-order valence-corrected chi connectivity index (χ1v) is 10.6. The molecule has 0 radical (unpaired) electrons. The highest BCUT2D eigenvalue weighted by molar-refractivity contribution is 7.90. The second kappa shape index (κ2) is 7.24. The number of aromatic nitrogens is 1. The van der Waals surface area contributed by atoms with E-state index in [1.807, 2.05) is 18.2 Å². The van der Waals surface area contributed by atoms with Crippen LogP contribution in [0.15, 0.2) is 70.6 Å². The molecule has 0 spiro atoms. The Morgan fingerprint density at radius 1 is 1.14 bits per heavy atom. The molecule has 0 saturated carbocycles. The van der Waals surface area contributed by atoms with Gasteiger partial charge in [-0.15, -0.1) is 0 Å². The van der Waals surface area contributed by atoms with E-state index in [4.69, 9.17) is 4.74 Å². The van der Waals surface area contributed by atoms with E-state index in [2.05, 4.69) is 4.99 Å². The SMILES string of the molecule is CCOC(=O)[C@@H]1CCC(c2cc3ccccc3n2S(=O)(=O)c2ccccc2)=N1. The Balaban J connectivity index is 1.88. The number of nitrogens with zero attached hydrogens (tertiary/aromatic N) is 2. The van der Waals surface area contributed by atoms with Crippen molar-refractivity contribution in [3.05, 3.63) is 66.4 Å². The van der Waals surface area contributed by atoms with E-state index in [0.29, 0.717) is 36.4 Å². The quantitative estimate of drug-likeness (QED) is 0.620. The monoisotopic (exact) mass is 396 g/mol. The summed E-state index contributed by atoms with van der Waals surface area (Å²) in [5, 5.41) is 0.805. The molecule has 0 bridgehead atoms. The Bertz CT molecular complexity index is 1160. The molecule has 0 unspecified atom stereocenters.